The maximum Gasteiger partial charge on any atom is 0.119 e. The molecule has 0 radical (unpaired) electrons. The first-order chi connectivity index (χ1) is 12.2. The average molecular weight is 339 g/mol. The summed E-state index contributed by atoms with van der Waals surface area (Å²) in [7, 11) is 2.31. The van der Waals surface area contributed by atoms with Gasteiger partial charge in [-0.25, -0.2) is 0 Å². The molecule has 2 N–H and O–H groups in total. The zero-order valence-electron chi connectivity index (χ0n) is 15.6. The van der Waals surface area contributed by atoms with E-state index in [1.165, 1.54) is 35.3 Å². The molecule has 2 aromatic rings. The lowest BCUT2D eigenvalue weighted by Gasteiger charge is -2.44. The van der Waals surface area contributed by atoms with Crippen molar-refractivity contribution in [3.63, 3.8) is 0 Å². The van der Waals surface area contributed by atoms with Crippen LogP contribution in [-0.4, -0.2) is 18.3 Å². The van der Waals surface area contributed by atoms with Crippen LogP contribution < -0.4 is 4.90 Å². The van der Waals surface area contributed by atoms with Crippen molar-refractivity contribution < 1.29 is 10.0 Å². The van der Waals surface area contributed by atoms with Crippen molar-refractivity contribution in [2.45, 2.75) is 57.2 Å². The summed E-state index contributed by atoms with van der Waals surface area (Å²) in [5.41, 5.74) is 2.70. The average Bonchev–Trinajstić information content (AvgIpc) is 2.66. The summed E-state index contributed by atoms with van der Waals surface area (Å²) in [6.07, 6.45) is 5.45. The molecule has 3 rings (SSSR count). The Morgan fingerprint density at radius 3 is 2.12 bits per heavy atom. The standard InChI is InChI=1S/C23H31NO/c1-3-4-7-16-20-22(25)17-21(18-12-8-5-9-13-18)24(2)23(20)19-14-10-6-11-15-19/h5-6,8-15,20-23,25H,3-4,7,16-17H2,1-2H3/p+1/t20-,21+,22+,23+/m0/s1. The molecular weight excluding hydrogens is 306 g/mol. The van der Waals surface area contributed by atoms with Gasteiger partial charge in [-0.3, -0.25) is 0 Å². The van der Waals surface area contributed by atoms with Crippen molar-refractivity contribution in [1.82, 2.24) is 0 Å². The van der Waals surface area contributed by atoms with Crippen LogP contribution >= 0.6 is 0 Å². The third kappa shape index (κ3) is 4.13. The van der Waals surface area contributed by atoms with Gasteiger partial charge in [0.1, 0.15) is 12.1 Å². The highest BCUT2D eigenvalue weighted by atomic mass is 16.3. The number of hydrogen-bond acceptors (Lipinski definition) is 1. The van der Waals surface area contributed by atoms with Crippen LogP contribution in [0.5, 0.6) is 0 Å². The third-order valence-corrected chi connectivity index (χ3v) is 5.94. The quantitative estimate of drug-likeness (QED) is 0.766. The smallest absolute Gasteiger partial charge is 0.119 e. The van der Waals surface area contributed by atoms with E-state index in [0.717, 1.165) is 12.8 Å². The molecule has 1 saturated heterocycles. The summed E-state index contributed by atoms with van der Waals surface area (Å²) in [6.45, 7) is 2.24. The van der Waals surface area contributed by atoms with Crippen LogP contribution in [0.25, 0.3) is 0 Å². The van der Waals surface area contributed by atoms with Crippen LogP contribution in [0, 0.1) is 5.92 Å². The van der Waals surface area contributed by atoms with Crippen LogP contribution in [0.3, 0.4) is 0 Å². The number of aliphatic hydroxyl groups is 1. The van der Waals surface area contributed by atoms with E-state index in [0.29, 0.717) is 18.0 Å². The van der Waals surface area contributed by atoms with E-state index in [1.54, 1.807) is 0 Å². The molecule has 1 fully saturated rings. The van der Waals surface area contributed by atoms with Gasteiger partial charge in [0.15, 0.2) is 0 Å². The van der Waals surface area contributed by atoms with Crippen LogP contribution in [0.15, 0.2) is 60.7 Å². The van der Waals surface area contributed by atoms with Crippen molar-refractivity contribution in [2.75, 3.05) is 7.05 Å². The van der Waals surface area contributed by atoms with Gasteiger partial charge in [-0.05, 0) is 6.42 Å². The number of unbranched alkanes of at least 4 members (excludes halogenated alkanes) is 2. The first kappa shape index (κ1) is 18.2. The zero-order chi connectivity index (χ0) is 17.6. The molecule has 0 spiro atoms. The number of nitrogens with one attached hydrogen (secondary N) is 1. The molecule has 0 bridgehead atoms. The van der Waals surface area contributed by atoms with E-state index in [4.69, 9.17) is 0 Å². The van der Waals surface area contributed by atoms with Gasteiger partial charge in [0, 0.05) is 23.5 Å². The minimum atomic E-state index is -0.226. The SMILES string of the molecule is CCCCC[C@H]1[C@H](O)C[C@H](c2ccccc2)[NH+](C)[C@@H]1c1ccccc1. The summed E-state index contributed by atoms with van der Waals surface area (Å²) in [4.78, 5) is 1.52. The van der Waals surface area contributed by atoms with Crippen molar-refractivity contribution in [3.8, 4) is 0 Å². The molecule has 2 heteroatoms. The van der Waals surface area contributed by atoms with E-state index < -0.39 is 0 Å². The summed E-state index contributed by atoms with van der Waals surface area (Å²) in [6, 6.07) is 22.2. The molecule has 2 nitrogen and oxygen atoms in total. The summed E-state index contributed by atoms with van der Waals surface area (Å²) >= 11 is 0. The molecule has 1 aliphatic rings. The Morgan fingerprint density at radius 1 is 0.920 bits per heavy atom. The van der Waals surface area contributed by atoms with Crippen molar-refractivity contribution in [2.24, 2.45) is 5.92 Å². The van der Waals surface area contributed by atoms with E-state index >= 15 is 0 Å². The Kier molecular flexibility index (Phi) is 6.28. The fourth-order valence-corrected chi connectivity index (χ4v) is 4.62. The predicted octanol–water partition coefficient (Wildman–Crippen LogP) is 3.94. The zero-order valence-corrected chi connectivity index (χ0v) is 15.6. The second-order valence-corrected chi connectivity index (χ2v) is 7.56. The van der Waals surface area contributed by atoms with Gasteiger partial charge in [0.05, 0.1) is 13.2 Å². The van der Waals surface area contributed by atoms with E-state index in [-0.39, 0.29) is 6.10 Å². The Balaban J connectivity index is 1.90. The van der Waals surface area contributed by atoms with Crippen LogP contribution in [0.4, 0.5) is 0 Å². The Morgan fingerprint density at radius 2 is 1.52 bits per heavy atom. The molecule has 0 aromatic heterocycles. The molecule has 0 amide bonds. The van der Waals surface area contributed by atoms with E-state index in [2.05, 4.69) is 74.6 Å². The molecule has 1 aliphatic heterocycles. The predicted molar refractivity (Wildman–Crippen MR) is 104 cm³/mol. The van der Waals surface area contributed by atoms with E-state index in [9.17, 15) is 5.11 Å². The van der Waals surface area contributed by atoms with Crippen molar-refractivity contribution in [1.29, 1.82) is 0 Å². The molecule has 0 aliphatic carbocycles. The van der Waals surface area contributed by atoms with Crippen molar-refractivity contribution >= 4 is 0 Å². The van der Waals surface area contributed by atoms with E-state index in [1.807, 2.05) is 0 Å². The monoisotopic (exact) mass is 338 g/mol. The molecule has 0 saturated carbocycles. The second kappa shape index (κ2) is 8.64. The normalized spacial score (nSPS) is 29.5. The highest BCUT2D eigenvalue weighted by Crippen LogP contribution is 2.36. The molecule has 2 aromatic carbocycles. The number of likely N-dealkylation sites (tertiary alicyclic amines) is 1. The van der Waals surface area contributed by atoms with Gasteiger partial charge in [0.25, 0.3) is 0 Å². The lowest BCUT2D eigenvalue weighted by molar-refractivity contribution is -0.955. The lowest BCUT2D eigenvalue weighted by atomic mass is 9.76. The number of aliphatic hydroxyl groups excluding tert-OH is 1. The fraction of sp³-hybridized carbons (Fsp3) is 0.478. The second-order valence-electron chi connectivity index (χ2n) is 7.56. The van der Waals surface area contributed by atoms with Gasteiger partial charge < -0.3 is 10.0 Å². The maximum absolute atomic E-state index is 11.0. The van der Waals surface area contributed by atoms with Gasteiger partial charge in [-0.1, -0.05) is 86.8 Å². The van der Waals surface area contributed by atoms with Gasteiger partial charge >= 0.3 is 0 Å². The minimum Gasteiger partial charge on any atom is -0.392 e. The number of piperidine rings is 1. The summed E-state index contributed by atoms with van der Waals surface area (Å²) < 4.78 is 0. The maximum atomic E-state index is 11.0. The van der Waals surface area contributed by atoms with Gasteiger partial charge in [0.2, 0.25) is 0 Å². The first-order valence-electron chi connectivity index (χ1n) is 9.83. The van der Waals surface area contributed by atoms with Crippen molar-refractivity contribution in [3.05, 3.63) is 71.8 Å². The largest absolute Gasteiger partial charge is 0.392 e. The number of benzene rings is 2. The Labute approximate surface area is 152 Å². The lowest BCUT2D eigenvalue weighted by Crippen LogP contribution is -3.12. The highest BCUT2D eigenvalue weighted by Gasteiger charge is 2.44. The van der Waals surface area contributed by atoms with Crippen LogP contribution in [-0.2, 0) is 0 Å². The van der Waals surface area contributed by atoms with Crippen LogP contribution in [0.2, 0.25) is 0 Å². The summed E-state index contributed by atoms with van der Waals surface area (Å²) in [5.74, 6) is 0.342. The molecule has 1 heterocycles. The Hall–Kier alpha value is -1.64. The number of quaternary nitrogens is 1. The molecule has 134 valence electrons. The first-order valence-corrected chi connectivity index (χ1v) is 9.83. The third-order valence-electron chi connectivity index (χ3n) is 5.94. The number of rotatable bonds is 6. The van der Waals surface area contributed by atoms with Gasteiger partial charge in [-0.2, -0.15) is 0 Å². The molecule has 5 atom stereocenters. The summed E-state index contributed by atoms with van der Waals surface area (Å²) in [5, 5.41) is 11.0. The molecular formula is C23H32NO+. The minimum absolute atomic E-state index is 0.226. The number of hydrogen-bond donors (Lipinski definition) is 2. The topological polar surface area (TPSA) is 24.7 Å². The fourth-order valence-electron chi connectivity index (χ4n) is 4.62. The molecule has 1 unspecified atom stereocenters. The highest BCUT2D eigenvalue weighted by molar-refractivity contribution is 5.22. The Bertz CT molecular complexity index is 627. The van der Waals surface area contributed by atoms with Gasteiger partial charge in [-0.15, -0.1) is 0 Å². The van der Waals surface area contributed by atoms with Crippen LogP contribution in [0.1, 0.15) is 62.2 Å². The molecule has 25 heavy (non-hydrogen) atoms.